The molecular formula is C22H26N4OS2. The number of amides is 1. The standard InChI is InChI=1S/C22H26N4OS2/c1-5-17-13(2)29-22-19(17)21(24-20(25-22)14-6-7-14)28-12-18(27)23-15-8-10-16(11-9-15)26(3)4/h8-11,14H,5-7,12H2,1-4H3,(H,23,27). The normalized spacial score (nSPS) is 13.7. The Morgan fingerprint density at radius 1 is 1.24 bits per heavy atom. The lowest BCUT2D eigenvalue weighted by Gasteiger charge is -2.13. The van der Waals surface area contributed by atoms with Crippen molar-refractivity contribution < 1.29 is 4.79 Å². The van der Waals surface area contributed by atoms with E-state index in [2.05, 4.69) is 19.2 Å². The van der Waals surface area contributed by atoms with Gasteiger partial charge in [-0.2, -0.15) is 0 Å². The molecule has 0 unspecified atom stereocenters. The van der Waals surface area contributed by atoms with Crippen molar-refractivity contribution in [3.05, 3.63) is 40.5 Å². The number of rotatable bonds is 7. The Morgan fingerprint density at radius 3 is 2.59 bits per heavy atom. The summed E-state index contributed by atoms with van der Waals surface area (Å²) < 4.78 is 0. The van der Waals surface area contributed by atoms with Crippen LogP contribution in [0.5, 0.6) is 0 Å². The predicted octanol–water partition coefficient (Wildman–Crippen LogP) is 5.24. The van der Waals surface area contributed by atoms with Crippen molar-refractivity contribution in [3.63, 3.8) is 0 Å². The highest BCUT2D eigenvalue weighted by molar-refractivity contribution is 8.00. The second-order valence-corrected chi connectivity index (χ2v) is 9.78. The van der Waals surface area contributed by atoms with Crippen LogP contribution in [-0.4, -0.2) is 35.7 Å². The van der Waals surface area contributed by atoms with Crippen molar-refractivity contribution in [1.82, 2.24) is 9.97 Å². The Hall–Kier alpha value is -2.12. The molecule has 1 N–H and O–H groups in total. The fourth-order valence-corrected chi connectivity index (χ4v) is 5.43. The van der Waals surface area contributed by atoms with E-state index in [1.807, 2.05) is 43.3 Å². The number of aryl methyl sites for hydroxylation is 2. The van der Waals surface area contributed by atoms with Crippen molar-refractivity contribution in [1.29, 1.82) is 0 Å². The number of thiophene rings is 1. The second-order valence-electron chi connectivity index (χ2n) is 7.61. The van der Waals surface area contributed by atoms with Gasteiger partial charge in [-0.1, -0.05) is 18.7 Å². The molecule has 4 rings (SSSR count). The van der Waals surface area contributed by atoms with E-state index < -0.39 is 0 Å². The molecule has 1 aliphatic carbocycles. The number of carbonyl (C=O) groups excluding carboxylic acids is 1. The molecule has 152 valence electrons. The van der Waals surface area contributed by atoms with Crippen LogP contribution in [0.4, 0.5) is 11.4 Å². The molecular weight excluding hydrogens is 400 g/mol. The molecule has 29 heavy (non-hydrogen) atoms. The number of thioether (sulfide) groups is 1. The highest BCUT2D eigenvalue weighted by Gasteiger charge is 2.29. The first kappa shape index (κ1) is 20.2. The van der Waals surface area contributed by atoms with Gasteiger partial charge in [-0.3, -0.25) is 4.79 Å². The molecule has 1 amide bonds. The van der Waals surface area contributed by atoms with Crippen molar-refractivity contribution in [2.45, 2.75) is 44.1 Å². The van der Waals surface area contributed by atoms with E-state index >= 15 is 0 Å². The summed E-state index contributed by atoms with van der Waals surface area (Å²) in [4.78, 5) is 26.7. The Labute approximate surface area is 179 Å². The zero-order chi connectivity index (χ0) is 20.5. The van der Waals surface area contributed by atoms with E-state index in [9.17, 15) is 4.79 Å². The van der Waals surface area contributed by atoms with Gasteiger partial charge >= 0.3 is 0 Å². The number of carbonyl (C=O) groups is 1. The number of hydrogen-bond acceptors (Lipinski definition) is 6. The molecule has 2 aromatic heterocycles. The minimum atomic E-state index is -0.0164. The topological polar surface area (TPSA) is 58.1 Å². The molecule has 7 heteroatoms. The van der Waals surface area contributed by atoms with Crippen LogP contribution in [0.15, 0.2) is 29.3 Å². The molecule has 0 radical (unpaired) electrons. The van der Waals surface area contributed by atoms with Crippen LogP contribution in [0, 0.1) is 6.92 Å². The lowest BCUT2D eigenvalue weighted by Crippen LogP contribution is -2.14. The monoisotopic (exact) mass is 426 g/mol. The van der Waals surface area contributed by atoms with Crippen LogP contribution in [-0.2, 0) is 11.2 Å². The molecule has 2 heterocycles. The van der Waals surface area contributed by atoms with Gasteiger partial charge in [-0.05, 0) is 56.0 Å². The summed E-state index contributed by atoms with van der Waals surface area (Å²) >= 11 is 3.27. The summed E-state index contributed by atoms with van der Waals surface area (Å²) in [6, 6.07) is 7.87. The summed E-state index contributed by atoms with van der Waals surface area (Å²) in [6.45, 7) is 4.32. The molecule has 0 spiro atoms. The zero-order valence-corrected chi connectivity index (χ0v) is 18.9. The molecule has 0 bridgehead atoms. The van der Waals surface area contributed by atoms with Crippen LogP contribution in [0.2, 0.25) is 0 Å². The molecule has 1 aromatic carbocycles. The van der Waals surface area contributed by atoms with E-state index in [4.69, 9.17) is 9.97 Å². The maximum absolute atomic E-state index is 12.5. The quantitative estimate of drug-likeness (QED) is 0.414. The van der Waals surface area contributed by atoms with Gasteiger partial charge < -0.3 is 10.2 Å². The fourth-order valence-electron chi connectivity index (χ4n) is 3.38. The highest BCUT2D eigenvalue weighted by atomic mass is 32.2. The maximum atomic E-state index is 12.5. The van der Waals surface area contributed by atoms with Crippen LogP contribution in [0.25, 0.3) is 10.2 Å². The van der Waals surface area contributed by atoms with Gasteiger partial charge in [0.25, 0.3) is 0 Å². The number of aromatic nitrogens is 2. The first-order valence-electron chi connectivity index (χ1n) is 9.96. The molecule has 5 nitrogen and oxygen atoms in total. The average Bonchev–Trinajstić information content (AvgIpc) is 3.49. The Morgan fingerprint density at radius 2 is 1.97 bits per heavy atom. The first-order valence-corrected chi connectivity index (χ1v) is 11.8. The van der Waals surface area contributed by atoms with Gasteiger partial charge in [0.05, 0.1) is 5.75 Å². The van der Waals surface area contributed by atoms with E-state index in [0.717, 1.165) is 38.9 Å². The third kappa shape index (κ3) is 4.41. The number of nitrogens with zero attached hydrogens (tertiary/aromatic N) is 3. The molecule has 1 fully saturated rings. The Bertz CT molecular complexity index is 1040. The minimum absolute atomic E-state index is 0.0164. The van der Waals surface area contributed by atoms with Gasteiger partial charge in [0.15, 0.2) is 0 Å². The smallest absolute Gasteiger partial charge is 0.234 e. The molecule has 1 saturated carbocycles. The zero-order valence-electron chi connectivity index (χ0n) is 17.3. The summed E-state index contributed by atoms with van der Waals surface area (Å²) in [6.07, 6.45) is 3.30. The molecule has 0 aliphatic heterocycles. The van der Waals surface area contributed by atoms with Crippen molar-refractivity contribution in [2.75, 3.05) is 30.1 Å². The second kappa shape index (κ2) is 8.32. The van der Waals surface area contributed by atoms with Crippen LogP contribution >= 0.6 is 23.1 Å². The van der Waals surface area contributed by atoms with Crippen LogP contribution in [0.1, 0.15) is 41.9 Å². The number of benzene rings is 1. The lowest BCUT2D eigenvalue weighted by molar-refractivity contribution is -0.113. The van der Waals surface area contributed by atoms with Crippen LogP contribution in [0.3, 0.4) is 0 Å². The van der Waals surface area contributed by atoms with Crippen molar-refractivity contribution in [3.8, 4) is 0 Å². The van der Waals surface area contributed by atoms with Gasteiger partial charge in [-0.25, -0.2) is 9.97 Å². The summed E-state index contributed by atoms with van der Waals surface area (Å²) in [5, 5.41) is 5.09. The van der Waals surface area contributed by atoms with E-state index in [1.54, 1.807) is 11.3 Å². The van der Waals surface area contributed by atoms with E-state index in [1.165, 1.54) is 35.0 Å². The van der Waals surface area contributed by atoms with Gasteiger partial charge in [0.2, 0.25) is 5.91 Å². The SMILES string of the molecule is CCc1c(C)sc2nc(C3CC3)nc(SCC(=O)Nc3ccc(N(C)C)cc3)c12. The van der Waals surface area contributed by atoms with E-state index in [-0.39, 0.29) is 5.91 Å². The molecule has 0 atom stereocenters. The summed E-state index contributed by atoms with van der Waals surface area (Å²) in [5.41, 5.74) is 3.23. The average molecular weight is 427 g/mol. The molecule has 3 aromatic rings. The number of nitrogens with one attached hydrogen (secondary N) is 1. The highest BCUT2D eigenvalue weighted by Crippen LogP contribution is 2.42. The Balaban J connectivity index is 1.51. The number of fused-ring (bicyclic) bond motifs is 1. The fraction of sp³-hybridized carbons (Fsp3) is 0.409. The predicted molar refractivity (Wildman–Crippen MR) is 124 cm³/mol. The summed E-state index contributed by atoms with van der Waals surface area (Å²) in [5.74, 6) is 1.76. The van der Waals surface area contributed by atoms with Crippen LogP contribution < -0.4 is 10.2 Å². The first-order chi connectivity index (χ1) is 14.0. The third-order valence-electron chi connectivity index (χ3n) is 5.14. The Kier molecular flexibility index (Phi) is 5.79. The number of anilines is 2. The largest absolute Gasteiger partial charge is 0.378 e. The maximum Gasteiger partial charge on any atom is 0.234 e. The van der Waals surface area contributed by atoms with Gasteiger partial charge in [0, 0.05) is 41.7 Å². The van der Waals surface area contributed by atoms with Gasteiger partial charge in [0.1, 0.15) is 15.7 Å². The molecule has 1 aliphatic rings. The van der Waals surface area contributed by atoms with Crippen molar-refractivity contribution in [2.24, 2.45) is 0 Å². The lowest BCUT2D eigenvalue weighted by atomic mass is 10.1. The van der Waals surface area contributed by atoms with Crippen molar-refractivity contribution >= 4 is 50.6 Å². The van der Waals surface area contributed by atoms with Gasteiger partial charge in [-0.15, -0.1) is 11.3 Å². The summed E-state index contributed by atoms with van der Waals surface area (Å²) in [7, 11) is 4.00. The minimum Gasteiger partial charge on any atom is -0.378 e. The van der Waals surface area contributed by atoms with E-state index in [0.29, 0.717) is 11.7 Å². The molecule has 0 saturated heterocycles. The number of hydrogen-bond donors (Lipinski definition) is 1. The third-order valence-corrected chi connectivity index (χ3v) is 7.16.